The molecule has 3 atom stereocenters. The van der Waals surface area contributed by atoms with E-state index in [-0.39, 0.29) is 24.9 Å². The minimum absolute atomic E-state index is 0.00512. The van der Waals surface area contributed by atoms with Crippen molar-refractivity contribution in [3.05, 3.63) is 85.1 Å². The molecule has 66 heavy (non-hydrogen) atoms. The second kappa shape index (κ2) is 53.0. The number of nitrogens with one attached hydrogen (secondary N) is 1. The van der Waals surface area contributed by atoms with E-state index >= 15 is 0 Å². The Balaban J connectivity index is 4.67. The van der Waals surface area contributed by atoms with E-state index in [1.165, 1.54) is 135 Å². The van der Waals surface area contributed by atoms with Crippen LogP contribution in [0.2, 0.25) is 0 Å². The van der Waals surface area contributed by atoms with Crippen LogP contribution in [0.25, 0.3) is 0 Å². The Kier molecular flexibility index (Phi) is 50.6. The molecule has 380 valence electrons. The fourth-order valence-electron chi connectivity index (χ4n) is 8.01. The number of carbonyl (C=O) groups is 2. The molecule has 6 heteroatoms. The summed E-state index contributed by atoms with van der Waals surface area (Å²) in [5.41, 5.74) is 0. The zero-order valence-corrected chi connectivity index (χ0v) is 43.3. The largest absolute Gasteiger partial charge is 0.461 e. The maximum absolute atomic E-state index is 13.2. The van der Waals surface area contributed by atoms with Crippen LogP contribution in [0.4, 0.5) is 0 Å². The zero-order valence-electron chi connectivity index (χ0n) is 43.3. The summed E-state index contributed by atoms with van der Waals surface area (Å²) in [6, 6.07) is -0.737. The van der Waals surface area contributed by atoms with Gasteiger partial charge in [0.15, 0.2) is 0 Å². The van der Waals surface area contributed by atoms with Gasteiger partial charge in [-0.25, -0.2) is 0 Å². The third kappa shape index (κ3) is 47.5. The molecule has 0 spiro atoms. The quantitative estimate of drug-likeness (QED) is 0.0321. The number of aliphatic hydroxyl groups excluding tert-OH is 2. The molecular formula is C60H105NO5. The molecule has 0 saturated heterocycles. The van der Waals surface area contributed by atoms with Crippen LogP contribution < -0.4 is 5.32 Å². The molecule has 0 heterocycles. The average molecular weight is 921 g/mol. The molecule has 6 nitrogen and oxygen atoms in total. The Labute approximate surface area is 408 Å². The molecule has 0 fully saturated rings. The van der Waals surface area contributed by atoms with Gasteiger partial charge in [-0.15, -0.1) is 0 Å². The second-order valence-electron chi connectivity index (χ2n) is 18.6. The smallest absolute Gasteiger partial charge is 0.306 e. The number of unbranched alkanes of at least 4 members (excludes halogenated alkanes) is 24. The van der Waals surface area contributed by atoms with Gasteiger partial charge in [-0.05, 0) is 77.0 Å². The van der Waals surface area contributed by atoms with Gasteiger partial charge in [-0.2, -0.15) is 0 Å². The first kappa shape index (κ1) is 63.0. The number of esters is 1. The van der Waals surface area contributed by atoms with Crippen molar-refractivity contribution in [2.24, 2.45) is 0 Å². The van der Waals surface area contributed by atoms with Gasteiger partial charge >= 0.3 is 5.97 Å². The molecule has 0 radical (unpaired) electrons. The highest BCUT2D eigenvalue weighted by Gasteiger charge is 2.23. The first-order chi connectivity index (χ1) is 32.5. The van der Waals surface area contributed by atoms with Crippen molar-refractivity contribution in [3.8, 4) is 0 Å². The van der Waals surface area contributed by atoms with E-state index in [0.29, 0.717) is 19.3 Å². The second-order valence-corrected chi connectivity index (χ2v) is 18.6. The molecule has 1 amide bonds. The Bertz CT molecular complexity index is 1260. The van der Waals surface area contributed by atoms with E-state index in [0.717, 1.165) is 77.0 Å². The summed E-state index contributed by atoms with van der Waals surface area (Å²) in [7, 11) is 0. The Morgan fingerprint density at radius 2 is 0.848 bits per heavy atom. The summed E-state index contributed by atoms with van der Waals surface area (Å²) >= 11 is 0. The van der Waals surface area contributed by atoms with Crippen molar-refractivity contribution in [3.63, 3.8) is 0 Å². The summed E-state index contributed by atoms with van der Waals surface area (Å²) in [5, 5.41) is 23.8. The summed E-state index contributed by atoms with van der Waals surface area (Å²) in [6.45, 7) is 6.32. The Morgan fingerprint density at radius 3 is 1.32 bits per heavy atom. The predicted molar refractivity (Wildman–Crippen MR) is 287 cm³/mol. The van der Waals surface area contributed by atoms with E-state index in [2.05, 4.69) is 99.0 Å². The molecule has 0 rings (SSSR count). The monoisotopic (exact) mass is 920 g/mol. The van der Waals surface area contributed by atoms with Crippen LogP contribution >= 0.6 is 0 Å². The highest BCUT2D eigenvalue weighted by molar-refractivity contribution is 5.77. The van der Waals surface area contributed by atoms with Crippen molar-refractivity contribution >= 4 is 11.9 Å². The number of allylic oxidation sites excluding steroid dienone is 13. The lowest BCUT2D eigenvalue weighted by Crippen LogP contribution is -2.46. The number of hydrogen-bond acceptors (Lipinski definition) is 5. The lowest BCUT2D eigenvalue weighted by Gasteiger charge is -2.24. The van der Waals surface area contributed by atoms with Gasteiger partial charge in [0.05, 0.1) is 25.2 Å². The van der Waals surface area contributed by atoms with Crippen molar-refractivity contribution < 1.29 is 24.5 Å². The van der Waals surface area contributed by atoms with Crippen molar-refractivity contribution in [2.75, 3.05) is 6.61 Å². The molecule has 0 aliphatic heterocycles. The summed E-state index contributed by atoms with van der Waals surface area (Å²) in [5.74, 6) is -0.584. The third-order valence-corrected chi connectivity index (χ3v) is 12.2. The summed E-state index contributed by atoms with van der Waals surface area (Å²) in [4.78, 5) is 26.2. The standard InChI is InChI=1S/C60H105NO5/c1-4-7-10-13-16-19-22-25-27-28-29-30-32-35-38-41-44-47-50-53-60(65)66-56(51-48-45-42-39-36-34-31-26-23-20-17-14-11-8-5-2)54-59(64)61-57(55-62)58(63)52-49-46-43-40-37-33-24-21-18-15-12-9-6-3/h8,11,16-17,19-20,25-27,31,36,39,45,48,56-58,62-63H,4-7,9-10,12-15,18,21-24,28-30,32-35,37-38,40-44,46-47,49-55H2,1-3H3,(H,61,64)/b11-8-,19-16-,20-17-,27-25-,31-26-,39-36-,48-45-. The van der Waals surface area contributed by atoms with Crippen LogP contribution in [-0.4, -0.2) is 46.9 Å². The van der Waals surface area contributed by atoms with E-state index in [1.54, 1.807) is 0 Å². The number of aliphatic hydroxyl groups is 2. The number of amides is 1. The fraction of sp³-hybridized carbons (Fsp3) is 0.733. The Morgan fingerprint density at radius 1 is 0.470 bits per heavy atom. The third-order valence-electron chi connectivity index (χ3n) is 12.2. The normalized spacial score (nSPS) is 13.8. The lowest BCUT2D eigenvalue weighted by molar-refractivity contribution is -0.150. The zero-order chi connectivity index (χ0) is 48.1. The van der Waals surface area contributed by atoms with Crippen LogP contribution in [0.3, 0.4) is 0 Å². The predicted octanol–water partition coefficient (Wildman–Crippen LogP) is 17.1. The Hall–Kier alpha value is -2.96. The minimum Gasteiger partial charge on any atom is -0.461 e. The fourth-order valence-corrected chi connectivity index (χ4v) is 8.01. The van der Waals surface area contributed by atoms with Gasteiger partial charge in [-0.1, -0.05) is 247 Å². The van der Waals surface area contributed by atoms with E-state index in [9.17, 15) is 19.8 Å². The highest BCUT2D eigenvalue weighted by Crippen LogP contribution is 2.17. The minimum atomic E-state index is -0.816. The van der Waals surface area contributed by atoms with Crippen LogP contribution in [0.1, 0.15) is 258 Å². The number of ether oxygens (including phenoxy) is 1. The van der Waals surface area contributed by atoms with Crippen LogP contribution in [0.5, 0.6) is 0 Å². The maximum atomic E-state index is 13.2. The van der Waals surface area contributed by atoms with Crippen LogP contribution in [0.15, 0.2) is 85.1 Å². The van der Waals surface area contributed by atoms with Gasteiger partial charge in [0.25, 0.3) is 0 Å². The SMILES string of the molecule is CC/C=C\C/C=C\C/C=C\C/C=C\C/C=C\CC(CC(=O)NC(CO)C(O)CCCCCCCCCCCCCCC)OC(=O)CCCCCCCCCCC/C=C\C/C=C\CCCCC. The first-order valence-corrected chi connectivity index (χ1v) is 27.8. The van der Waals surface area contributed by atoms with Crippen molar-refractivity contribution in [1.29, 1.82) is 0 Å². The van der Waals surface area contributed by atoms with Gasteiger partial charge in [-0.3, -0.25) is 9.59 Å². The highest BCUT2D eigenvalue weighted by atomic mass is 16.5. The van der Waals surface area contributed by atoms with Gasteiger partial charge < -0.3 is 20.3 Å². The van der Waals surface area contributed by atoms with Gasteiger partial charge in [0, 0.05) is 12.8 Å². The molecule has 0 aromatic rings. The molecule has 0 aliphatic carbocycles. The number of rotatable bonds is 49. The number of carbonyl (C=O) groups excluding carboxylic acids is 2. The van der Waals surface area contributed by atoms with Crippen molar-refractivity contribution in [1.82, 2.24) is 5.32 Å². The molecule has 0 aliphatic rings. The topological polar surface area (TPSA) is 95.9 Å². The van der Waals surface area contributed by atoms with E-state index < -0.39 is 18.2 Å². The first-order valence-electron chi connectivity index (χ1n) is 27.8. The lowest BCUT2D eigenvalue weighted by atomic mass is 10.0. The molecule has 0 aromatic heterocycles. The molecule has 0 bridgehead atoms. The summed E-state index contributed by atoms with van der Waals surface area (Å²) < 4.78 is 5.89. The molecule has 3 N–H and O–H groups in total. The van der Waals surface area contributed by atoms with Gasteiger partial charge in [0.1, 0.15) is 6.10 Å². The van der Waals surface area contributed by atoms with Crippen molar-refractivity contribution in [2.45, 2.75) is 277 Å². The average Bonchev–Trinajstić information content (AvgIpc) is 3.31. The molecular weight excluding hydrogens is 815 g/mol. The van der Waals surface area contributed by atoms with Crippen LogP contribution in [0, 0.1) is 0 Å². The van der Waals surface area contributed by atoms with E-state index in [1.807, 2.05) is 12.2 Å². The molecule has 3 unspecified atom stereocenters. The maximum Gasteiger partial charge on any atom is 0.306 e. The number of hydrogen-bond donors (Lipinski definition) is 3. The van der Waals surface area contributed by atoms with Gasteiger partial charge in [0.2, 0.25) is 5.91 Å². The van der Waals surface area contributed by atoms with E-state index in [4.69, 9.17) is 4.74 Å². The summed E-state index contributed by atoms with van der Waals surface area (Å²) in [6.07, 6.45) is 69.5. The molecule has 0 saturated carbocycles. The molecule has 0 aromatic carbocycles. The van der Waals surface area contributed by atoms with Crippen LogP contribution in [-0.2, 0) is 14.3 Å².